The molecule has 0 aliphatic heterocycles. The monoisotopic (exact) mass is 392 g/mol. The molecule has 0 N–H and O–H groups in total. The van der Waals surface area contributed by atoms with E-state index < -0.39 is 0 Å². The smallest absolute Gasteiger partial charge is 0.147 e. The average molecular weight is 393 g/mol. The average Bonchev–Trinajstić information content (AvgIpc) is 2.63. The van der Waals surface area contributed by atoms with E-state index in [2.05, 4.69) is 13.8 Å². The topological polar surface area (TPSA) is 55.4 Å². The van der Waals surface area contributed by atoms with Crippen LogP contribution in [0.15, 0.2) is 0 Å². The fourth-order valence-electron chi connectivity index (χ4n) is 2.04. The maximum absolute atomic E-state index is 5.85. The fourth-order valence-corrected chi connectivity index (χ4v) is 2.04. The van der Waals surface area contributed by atoms with Crippen molar-refractivity contribution in [1.82, 2.24) is 0 Å². The molecule has 2 atom stereocenters. The summed E-state index contributed by atoms with van der Waals surface area (Å²) in [6.45, 7) is 16.0. The zero-order valence-corrected chi connectivity index (χ0v) is 18.5. The van der Waals surface area contributed by atoms with Gasteiger partial charge in [-0.3, -0.25) is 0 Å². The van der Waals surface area contributed by atoms with Gasteiger partial charge in [-0.2, -0.15) is 0 Å². The van der Waals surface area contributed by atoms with Gasteiger partial charge in [-0.05, 0) is 40.5 Å². The van der Waals surface area contributed by atoms with Gasteiger partial charge < -0.3 is 28.4 Å². The standard InChI is InChI=1S/C21H44O6/c1-7-9-11-22-13-20(15-24-18(3)4)26-17-27-21(16-25-19(5)6)14-23-12-10-8-2/h18-21H,7-17H2,1-6H3. The van der Waals surface area contributed by atoms with Crippen molar-refractivity contribution in [1.29, 1.82) is 0 Å². The lowest BCUT2D eigenvalue weighted by Gasteiger charge is -2.23. The van der Waals surface area contributed by atoms with Gasteiger partial charge in [0.05, 0.1) is 38.6 Å². The van der Waals surface area contributed by atoms with E-state index in [9.17, 15) is 0 Å². The van der Waals surface area contributed by atoms with Crippen molar-refractivity contribution in [3.63, 3.8) is 0 Å². The summed E-state index contributed by atoms with van der Waals surface area (Å²) >= 11 is 0. The van der Waals surface area contributed by atoms with Gasteiger partial charge in [0.15, 0.2) is 0 Å². The van der Waals surface area contributed by atoms with Crippen molar-refractivity contribution >= 4 is 0 Å². The first-order valence-electron chi connectivity index (χ1n) is 10.6. The molecule has 0 aliphatic carbocycles. The summed E-state index contributed by atoms with van der Waals surface area (Å²) in [5.41, 5.74) is 0. The molecule has 0 aromatic heterocycles. The van der Waals surface area contributed by atoms with Crippen LogP contribution in [-0.2, 0) is 28.4 Å². The highest BCUT2D eigenvalue weighted by molar-refractivity contribution is 4.58. The van der Waals surface area contributed by atoms with Gasteiger partial charge in [0.1, 0.15) is 19.0 Å². The van der Waals surface area contributed by atoms with Gasteiger partial charge in [0.25, 0.3) is 0 Å². The quantitative estimate of drug-likeness (QED) is 0.229. The molecule has 27 heavy (non-hydrogen) atoms. The Balaban J connectivity index is 4.26. The molecule has 0 bridgehead atoms. The minimum atomic E-state index is -0.142. The van der Waals surface area contributed by atoms with Crippen LogP contribution in [0.25, 0.3) is 0 Å². The maximum Gasteiger partial charge on any atom is 0.147 e. The van der Waals surface area contributed by atoms with Crippen LogP contribution >= 0.6 is 0 Å². The lowest BCUT2D eigenvalue weighted by Crippen LogP contribution is -2.32. The number of unbranched alkanes of at least 4 members (excludes halogenated alkanes) is 2. The second-order valence-electron chi connectivity index (χ2n) is 7.32. The molecule has 0 saturated heterocycles. The van der Waals surface area contributed by atoms with Crippen LogP contribution in [-0.4, -0.2) is 70.9 Å². The zero-order valence-electron chi connectivity index (χ0n) is 18.5. The molecule has 0 fully saturated rings. The molecule has 6 heteroatoms. The highest BCUT2D eigenvalue weighted by Gasteiger charge is 2.15. The predicted octanol–water partition coefficient (Wildman–Crippen LogP) is 4.20. The number of hydrogen-bond acceptors (Lipinski definition) is 6. The van der Waals surface area contributed by atoms with Crippen LogP contribution in [0.2, 0.25) is 0 Å². The minimum Gasteiger partial charge on any atom is -0.379 e. The van der Waals surface area contributed by atoms with E-state index in [-0.39, 0.29) is 31.2 Å². The van der Waals surface area contributed by atoms with E-state index in [0.29, 0.717) is 26.4 Å². The Labute approximate surface area is 167 Å². The van der Waals surface area contributed by atoms with E-state index in [4.69, 9.17) is 28.4 Å². The van der Waals surface area contributed by atoms with E-state index in [1.165, 1.54) is 0 Å². The van der Waals surface area contributed by atoms with Crippen molar-refractivity contribution in [2.45, 2.75) is 91.6 Å². The van der Waals surface area contributed by atoms with Crippen LogP contribution in [0.1, 0.15) is 67.2 Å². The molecule has 0 spiro atoms. The third-order valence-electron chi connectivity index (χ3n) is 3.73. The van der Waals surface area contributed by atoms with Crippen LogP contribution in [0, 0.1) is 0 Å². The molecule has 0 amide bonds. The van der Waals surface area contributed by atoms with E-state index in [0.717, 1.165) is 38.9 Å². The maximum atomic E-state index is 5.85. The molecule has 2 unspecified atom stereocenters. The van der Waals surface area contributed by atoms with Gasteiger partial charge in [-0.25, -0.2) is 0 Å². The Kier molecular flexibility index (Phi) is 18.9. The number of ether oxygens (including phenoxy) is 6. The molecule has 0 rings (SSSR count). The van der Waals surface area contributed by atoms with Gasteiger partial charge in [-0.1, -0.05) is 26.7 Å². The van der Waals surface area contributed by atoms with E-state index in [1.807, 2.05) is 27.7 Å². The molecule has 6 nitrogen and oxygen atoms in total. The third kappa shape index (κ3) is 18.9. The normalized spacial score (nSPS) is 14.2. The van der Waals surface area contributed by atoms with Crippen molar-refractivity contribution in [3.05, 3.63) is 0 Å². The van der Waals surface area contributed by atoms with E-state index >= 15 is 0 Å². The van der Waals surface area contributed by atoms with Gasteiger partial charge in [0, 0.05) is 13.2 Å². The summed E-state index contributed by atoms with van der Waals surface area (Å²) in [7, 11) is 0. The predicted molar refractivity (Wildman–Crippen MR) is 108 cm³/mol. The molecule has 0 heterocycles. The Morgan fingerprint density at radius 1 is 0.556 bits per heavy atom. The largest absolute Gasteiger partial charge is 0.379 e. The molecule has 164 valence electrons. The highest BCUT2D eigenvalue weighted by Crippen LogP contribution is 2.04. The summed E-state index contributed by atoms with van der Waals surface area (Å²) in [5, 5.41) is 0. The molecular weight excluding hydrogens is 348 g/mol. The van der Waals surface area contributed by atoms with Crippen molar-refractivity contribution < 1.29 is 28.4 Å². The SMILES string of the molecule is CCCCOCC(COC(C)C)OCOC(COCCCC)COC(C)C. The van der Waals surface area contributed by atoms with Crippen LogP contribution < -0.4 is 0 Å². The fraction of sp³-hybridized carbons (Fsp3) is 1.00. The van der Waals surface area contributed by atoms with E-state index in [1.54, 1.807) is 0 Å². The summed E-state index contributed by atoms with van der Waals surface area (Å²) in [4.78, 5) is 0. The molecular formula is C21H44O6. The van der Waals surface area contributed by atoms with Crippen LogP contribution in [0.5, 0.6) is 0 Å². The van der Waals surface area contributed by atoms with Gasteiger partial charge >= 0.3 is 0 Å². The Hall–Kier alpha value is -0.240. The molecule has 0 aromatic rings. The number of hydrogen-bond donors (Lipinski definition) is 0. The summed E-state index contributed by atoms with van der Waals surface area (Å²) in [6, 6.07) is 0. The van der Waals surface area contributed by atoms with Gasteiger partial charge in [-0.15, -0.1) is 0 Å². The summed E-state index contributed by atoms with van der Waals surface area (Å²) < 4.78 is 34.4. The molecule has 0 saturated carbocycles. The van der Waals surface area contributed by atoms with Gasteiger partial charge in [0.2, 0.25) is 0 Å². The van der Waals surface area contributed by atoms with Crippen LogP contribution in [0.4, 0.5) is 0 Å². The first-order chi connectivity index (χ1) is 13.0. The highest BCUT2D eigenvalue weighted by atomic mass is 16.7. The van der Waals surface area contributed by atoms with Crippen molar-refractivity contribution in [2.75, 3.05) is 46.4 Å². The lowest BCUT2D eigenvalue weighted by atomic mass is 10.3. The summed E-state index contributed by atoms with van der Waals surface area (Å²) in [6.07, 6.45) is 4.38. The van der Waals surface area contributed by atoms with Crippen LogP contribution in [0.3, 0.4) is 0 Å². The second-order valence-corrected chi connectivity index (χ2v) is 7.32. The zero-order chi connectivity index (χ0) is 20.3. The van der Waals surface area contributed by atoms with Crippen molar-refractivity contribution in [3.8, 4) is 0 Å². The molecule has 0 aromatic carbocycles. The lowest BCUT2D eigenvalue weighted by molar-refractivity contribution is -0.173. The summed E-state index contributed by atoms with van der Waals surface area (Å²) in [5.74, 6) is 0. The first kappa shape index (κ1) is 26.8. The van der Waals surface area contributed by atoms with Crippen molar-refractivity contribution in [2.24, 2.45) is 0 Å². The Morgan fingerprint density at radius 3 is 1.30 bits per heavy atom. The Morgan fingerprint density at radius 2 is 0.963 bits per heavy atom. The second kappa shape index (κ2) is 19.1. The minimum absolute atomic E-state index is 0.142. The molecule has 0 radical (unpaired) electrons. The first-order valence-corrected chi connectivity index (χ1v) is 10.6. The third-order valence-corrected chi connectivity index (χ3v) is 3.73. The molecule has 0 aliphatic rings. The Bertz CT molecular complexity index is 270. The number of rotatable bonds is 20.